The van der Waals surface area contributed by atoms with E-state index in [1.165, 1.54) is 12.4 Å². The minimum atomic E-state index is -0.500. The fourth-order valence-corrected chi connectivity index (χ4v) is 1.65. The topological polar surface area (TPSA) is 78.2 Å². The lowest BCUT2D eigenvalue weighted by Crippen LogP contribution is -1.99. The van der Waals surface area contributed by atoms with Gasteiger partial charge in [0.15, 0.2) is 0 Å². The molecule has 0 aliphatic heterocycles. The molecular formula is C12H10ClN3O3. The number of hydrogen-bond donors (Lipinski definition) is 0. The Morgan fingerprint density at radius 3 is 2.74 bits per heavy atom. The zero-order valence-corrected chi connectivity index (χ0v) is 11.0. The summed E-state index contributed by atoms with van der Waals surface area (Å²) in [6.45, 7) is 3.40. The van der Waals surface area contributed by atoms with E-state index in [1.807, 2.05) is 0 Å². The highest BCUT2D eigenvalue weighted by Crippen LogP contribution is 2.35. The molecular weight excluding hydrogens is 270 g/mol. The number of nitro groups is 1. The first kappa shape index (κ1) is 13.2. The number of rotatable bonds is 3. The van der Waals surface area contributed by atoms with Crippen molar-refractivity contribution in [3.63, 3.8) is 0 Å². The molecule has 2 aromatic rings. The number of nitro benzene ring substituents is 1. The average Bonchev–Trinajstić information content (AvgIpc) is 2.36. The van der Waals surface area contributed by atoms with Crippen LogP contribution in [0.25, 0.3) is 0 Å². The van der Waals surface area contributed by atoms with Gasteiger partial charge in [0.2, 0.25) is 11.6 Å². The molecule has 1 aromatic carbocycles. The molecule has 0 saturated heterocycles. The van der Waals surface area contributed by atoms with Gasteiger partial charge in [0.1, 0.15) is 11.5 Å². The van der Waals surface area contributed by atoms with E-state index in [0.717, 1.165) is 0 Å². The van der Waals surface area contributed by atoms with Gasteiger partial charge >= 0.3 is 5.69 Å². The summed E-state index contributed by atoms with van der Waals surface area (Å²) in [5, 5.41) is 11.2. The average molecular weight is 280 g/mol. The molecule has 1 heterocycles. The summed E-state index contributed by atoms with van der Waals surface area (Å²) in [4.78, 5) is 18.2. The minimum Gasteiger partial charge on any atom is -0.431 e. The zero-order valence-electron chi connectivity index (χ0n) is 10.3. The van der Waals surface area contributed by atoms with Crippen LogP contribution in [-0.2, 0) is 0 Å². The highest BCUT2D eigenvalue weighted by molar-refractivity contribution is 6.30. The van der Waals surface area contributed by atoms with Crippen molar-refractivity contribution >= 4 is 17.3 Å². The number of halogens is 1. The van der Waals surface area contributed by atoms with Crippen LogP contribution < -0.4 is 4.74 Å². The normalized spacial score (nSPS) is 10.3. The first-order valence-corrected chi connectivity index (χ1v) is 5.77. The molecule has 0 radical (unpaired) electrons. The summed E-state index contributed by atoms with van der Waals surface area (Å²) in [6, 6.07) is 4.70. The second-order valence-electron chi connectivity index (χ2n) is 3.88. The highest BCUT2D eigenvalue weighted by atomic mass is 35.5. The first-order chi connectivity index (χ1) is 9.00. The van der Waals surface area contributed by atoms with Crippen LogP contribution in [0.1, 0.15) is 11.1 Å². The van der Waals surface area contributed by atoms with E-state index in [9.17, 15) is 10.1 Å². The first-order valence-electron chi connectivity index (χ1n) is 5.39. The van der Waals surface area contributed by atoms with Gasteiger partial charge in [0, 0.05) is 11.6 Å². The molecule has 0 atom stereocenters. The lowest BCUT2D eigenvalue weighted by molar-refractivity contribution is -0.385. The molecule has 0 spiro atoms. The molecule has 0 N–H and O–H groups in total. The van der Waals surface area contributed by atoms with Gasteiger partial charge in [0.05, 0.1) is 4.92 Å². The highest BCUT2D eigenvalue weighted by Gasteiger charge is 2.19. The largest absolute Gasteiger partial charge is 0.431 e. The van der Waals surface area contributed by atoms with Gasteiger partial charge in [0.25, 0.3) is 0 Å². The Hall–Kier alpha value is -2.21. The van der Waals surface area contributed by atoms with Crippen molar-refractivity contribution in [3.05, 3.63) is 50.9 Å². The molecule has 0 aliphatic carbocycles. The smallest absolute Gasteiger partial charge is 0.311 e. The number of aryl methyl sites for hydroxylation is 1. The van der Waals surface area contributed by atoms with Gasteiger partial charge in [-0.15, -0.1) is 0 Å². The SMILES string of the molecule is Cc1cccc([N+](=O)[O-])c1Oc1ncnc(Cl)c1C. The molecule has 0 aliphatic rings. The number of benzene rings is 1. The maximum Gasteiger partial charge on any atom is 0.311 e. The molecule has 0 unspecified atom stereocenters. The van der Waals surface area contributed by atoms with Crippen LogP contribution in [0, 0.1) is 24.0 Å². The third-order valence-corrected chi connectivity index (χ3v) is 2.94. The maximum absolute atomic E-state index is 11.0. The molecule has 7 heteroatoms. The van der Waals surface area contributed by atoms with E-state index < -0.39 is 4.92 Å². The summed E-state index contributed by atoms with van der Waals surface area (Å²) in [6.07, 6.45) is 1.24. The van der Waals surface area contributed by atoms with Crippen LogP contribution in [0.4, 0.5) is 5.69 Å². The fraction of sp³-hybridized carbons (Fsp3) is 0.167. The predicted octanol–water partition coefficient (Wildman–Crippen LogP) is 3.45. The van der Waals surface area contributed by atoms with Crippen molar-refractivity contribution in [2.24, 2.45) is 0 Å². The Morgan fingerprint density at radius 1 is 1.32 bits per heavy atom. The molecule has 0 saturated carbocycles. The molecule has 1 aromatic heterocycles. The van der Waals surface area contributed by atoms with Crippen LogP contribution in [0.3, 0.4) is 0 Å². The van der Waals surface area contributed by atoms with Gasteiger partial charge < -0.3 is 4.74 Å². The molecule has 0 bridgehead atoms. The van der Waals surface area contributed by atoms with Crippen molar-refractivity contribution in [1.82, 2.24) is 9.97 Å². The standard InChI is InChI=1S/C12H10ClN3O3/c1-7-4-3-5-9(16(17)18)10(7)19-12-8(2)11(13)14-6-15-12/h3-6H,1-2H3. The van der Waals surface area contributed by atoms with E-state index in [4.69, 9.17) is 16.3 Å². The van der Waals surface area contributed by atoms with Crippen LogP contribution in [0.15, 0.2) is 24.5 Å². The third kappa shape index (κ3) is 2.63. The summed E-state index contributed by atoms with van der Waals surface area (Å²) >= 11 is 5.86. The molecule has 19 heavy (non-hydrogen) atoms. The molecule has 6 nitrogen and oxygen atoms in total. The van der Waals surface area contributed by atoms with Crippen molar-refractivity contribution in [2.45, 2.75) is 13.8 Å². The van der Waals surface area contributed by atoms with Crippen LogP contribution in [0.5, 0.6) is 11.6 Å². The number of nitrogens with zero attached hydrogens (tertiary/aromatic N) is 3. The van der Waals surface area contributed by atoms with Gasteiger partial charge in [-0.2, -0.15) is 0 Å². The summed E-state index contributed by atoms with van der Waals surface area (Å²) < 4.78 is 5.54. The number of hydrogen-bond acceptors (Lipinski definition) is 5. The summed E-state index contributed by atoms with van der Waals surface area (Å²) in [7, 11) is 0. The third-order valence-electron chi connectivity index (χ3n) is 2.56. The fourth-order valence-electron chi connectivity index (χ4n) is 1.53. The summed E-state index contributed by atoms with van der Waals surface area (Å²) in [5.74, 6) is 0.364. The van der Waals surface area contributed by atoms with Crippen LogP contribution in [-0.4, -0.2) is 14.9 Å². The van der Waals surface area contributed by atoms with Crippen LogP contribution >= 0.6 is 11.6 Å². The lowest BCUT2D eigenvalue weighted by atomic mass is 10.2. The lowest BCUT2D eigenvalue weighted by Gasteiger charge is -2.10. The van der Waals surface area contributed by atoms with Crippen molar-refractivity contribution < 1.29 is 9.66 Å². The zero-order chi connectivity index (χ0) is 14.0. The molecule has 0 fully saturated rings. The van der Waals surface area contributed by atoms with E-state index in [1.54, 1.807) is 26.0 Å². The Kier molecular flexibility index (Phi) is 3.62. The van der Waals surface area contributed by atoms with Gasteiger partial charge in [-0.05, 0) is 19.4 Å². The predicted molar refractivity (Wildman–Crippen MR) is 69.7 cm³/mol. The molecule has 2 rings (SSSR count). The van der Waals surface area contributed by atoms with Crippen LogP contribution in [0.2, 0.25) is 5.15 Å². The van der Waals surface area contributed by atoms with Crippen molar-refractivity contribution in [2.75, 3.05) is 0 Å². The number of para-hydroxylation sites is 1. The maximum atomic E-state index is 11.0. The summed E-state index contributed by atoms with van der Waals surface area (Å²) in [5.41, 5.74) is 1.05. The Labute approximate surface area is 114 Å². The minimum absolute atomic E-state index is 0.117. The molecule has 0 amide bonds. The van der Waals surface area contributed by atoms with E-state index >= 15 is 0 Å². The van der Waals surface area contributed by atoms with E-state index in [0.29, 0.717) is 11.1 Å². The monoisotopic (exact) mass is 279 g/mol. The Balaban J connectivity index is 2.49. The van der Waals surface area contributed by atoms with E-state index in [-0.39, 0.29) is 22.5 Å². The Morgan fingerprint density at radius 2 is 2.05 bits per heavy atom. The number of aromatic nitrogens is 2. The van der Waals surface area contributed by atoms with Gasteiger partial charge in [-0.3, -0.25) is 10.1 Å². The Bertz CT molecular complexity index is 646. The second kappa shape index (κ2) is 5.19. The van der Waals surface area contributed by atoms with Crippen molar-refractivity contribution in [3.8, 4) is 11.6 Å². The van der Waals surface area contributed by atoms with Gasteiger partial charge in [-0.1, -0.05) is 23.7 Å². The van der Waals surface area contributed by atoms with Gasteiger partial charge in [-0.25, -0.2) is 9.97 Å². The van der Waals surface area contributed by atoms with Crippen molar-refractivity contribution in [1.29, 1.82) is 0 Å². The second-order valence-corrected chi connectivity index (χ2v) is 4.23. The quantitative estimate of drug-likeness (QED) is 0.488. The van der Waals surface area contributed by atoms with E-state index in [2.05, 4.69) is 9.97 Å². The number of ether oxygens (including phenoxy) is 1. The molecule has 98 valence electrons.